The first kappa shape index (κ1) is 12.2. The van der Waals surface area contributed by atoms with Gasteiger partial charge in [0.05, 0.1) is 5.69 Å². The predicted octanol–water partition coefficient (Wildman–Crippen LogP) is 3.77. The maximum atomic E-state index is 5.93. The number of rotatable bonds is 2. The van der Waals surface area contributed by atoms with Crippen molar-refractivity contribution in [1.29, 1.82) is 0 Å². The molecule has 0 aliphatic carbocycles. The van der Waals surface area contributed by atoms with Gasteiger partial charge in [0, 0.05) is 14.9 Å². The molecule has 2 aromatic rings. The van der Waals surface area contributed by atoms with Crippen molar-refractivity contribution in [3.8, 4) is 0 Å². The Bertz CT molecular complexity index is 532. The summed E-state index contributed by atoms with van der Waals surface area (Å²) < 4.78 is 1.02. The minimum atomic E-state index is 0.501. The van der Waals surface area contributed by atoms with E-state index >= 15 is 0 Å². The molecule has 0 bridgehead atoms. The van der Waals surface area contributed by atoms with Crippen molar-refractivity contribution < 1.29 is 0 Å². The van der Waals surface area contributed by atoms with Crippen molar-refractivity contribution in [2.45, 2.75) is 4.90 Å². The second-order valence-electron chi connectivity index (χ2n) is 3.52. The maximum absolute atomic E-state index is 5.93. The van der Waals surface area contributed by atoms with E-state index in [4.69, 9.17) is 5.73 Å². The lowest BCUT2D eigenvalue weighted by Gasteiger charge is -2.01. The van der Waals surface area contributed by atoms with Crippen LogP contribution < -0.4 is 5.73 Å². The lowest BCUT2D eigenvalue weighted by atomic mass is 10.2. The lowest BCUT2D eigenvalue weighted by Crippen LogP contribution is -2.12. The Hall–Kier alpha value is -1.26. The van der Waals surface area contributed by atoms with Crippen LogP contribution in [-0.2, 0) is 0 Å². The number of aliphatic imine (C=N–C) groups is 1. The molecular formula is C13H11BrN2S. The third kappa shape index (κ3) is 3.35. The number of halogens is 1. The Labute approximate surface area is 114 Å². The fraction of sp³-hybridized carbons (Fsp3) is 0. The van der Waals surface area contributed by atoms with Gasteiger partial charge in [0.2, 0.25) is 0 Å². The van der Waals surface area contributed by atoms with E-state index in [1.165, 1.54) is 0 Å². The number of thiol groups is 1. The molecule has 0 spiro atoms. The molecule has 17 heavy (non-hydrogen) atoms. The van der Waals surface area contributed by atoms with E-state index in [1.807, 2.05) is 48.5 Å². The van der Waals surface area contributed by atoms with Crippen LogP contribution in [0, 0.1) is 0 Å². The van der Waals surface area contributed by atoms with E-state index in [0.29, 0.717) is 5.84 Å². The normalized spacial score (nSPS) is 11.5. The molecule has 0 unspecified atom stereocenters. The monoisotopic (exact) mass is 306 g/mol. The van der Waals surface area contributed by atoms with E-state index < -0.39 is 0 Å². The molecular weight excluding hydrogens is 296 g/mol. The number of benzene rings is 2. The van der Waals surface area contributed by atoms with Gasteiger partial charge in [0.1, 0.15) is 5.84 Å². The summed E-state index contributed by atoms with van der Waals surface area (Å²) in [5.41, 5.74) is 7.66. The van der Waals surface area contributed by atoms with E-state index in [-0.39, 0.29) is 0 Å². The van der Waals surface area contributed by atoms with Gasteiger partial charge >= 0.3 is 0 Å². The van der Waals surface area contributed by atoms with Crippen LogP contribution in [0.15, 0.2) is 62.9 Å². The zero-order valence-electron chi connectivity index (χ0n) is 8.97. The highest BCUT2D eigenvalue weighted by atomic mass is 79.9. The molecule has 0 atom stereocenters. The van der Waals surface area contributed by atoms with Crippen LogP contribution in [0.3, 0.4) is 0 Å². The SMILES string of the molecule is NC(=Nc1ccc(Br)cc1)c1ccc(S)cc1. The number of hydrogen-bond acceptors (Lipinski definition) is 2. The summed E-state index contributed by atoms with van der Waals surface area (Å²) >= 11 is 7.60. The fourth-order valence-corrected chi connectivity index (χ4v) is 1.76. The maximum Gasteiger partial charge on any atom is 0.131 e. The van der Waals surface area contributed by atoms with Crippen molar-refractivity contribution in [3.63, 3.8) is 0 Å². The number of amidine groups is 1. The summed E-state index contributed by atoms with van der Waals surface area (Å²) in [7, 11) is 0. The second-order valence-corrected chi connectivity index (χ2v) is 4.95. The summed E-state index contributed by atoms with van der Waals surface area (Å²) in [5.74, 6) is 0.501. The third-order valence-corrected chi connectivity index (χ3v) is 3.07. The van der Waals surface area contributed by atoms with E-state index in [9.17, 15) is 0 Å². The molecule has 0 aromatic heterocycles. The largest absolute Gasteiger partial charge is 0.383 e. The second kappa shape index (κ2) is 5.38. The Kier molecular flexibility index (Phi) is 3.86. The Morgan fingerprint density at radius 1 is 1.00 bits per heavy atom. The zero-order valence-corrected chi connectivity index (χ0v) is 11.4. The molecule has 0 aliphatic heterocycles. The lowest BCUT2D eigenvalue weighted by molar-refractivity contribution is 1.41. The van der Waals surface area contributed by atoms with Gasteiger partial charge in [0.15, 0.2) is 0 Å². The Balaban J connectivity index is 2.27. The van der Waals surface area contributed by atoms with Gasteiger partial charge in [-0.2, -0.15) is 0 Å². The summed E-state index contributed by atoms with van der Waals surface area (Å²) in [6, 6.07) is 15.3. The fourth-order valence-electron chi connectivity index (χ4n) is 1.35. The van der Waals surface area contributed by atoms with Crippen molar-refractivity contribution in [2.24, 2.45) is 10.7 Å². The smallest absolute Gasteiger partial charge is 0.131 e. The molecule has 2 aromatic carbocycles. The van der Waals surface area contributed by atoms with Crippen molar-refractivity contribution in [2.75, 3.05) is 0 Å². The predicted molar refractivity (Wildman–Crippen MR) is 78.2 cm³/mol. The van der Waals surface area contributed by atoms with E-state index in [1.54, 1.807) is 0 Å². The molecule has 86 valence electrons. The number of nitrogens with zero attached hydrogens (tertiary/aromatic N) is 1. The van der Waals surface area contributed by atoms with Crippen molar-refractivity contribution in [1.82, 2.24) is 0 Å². The van der Waals surface area contributed by atoms with Crippen LogP contribution in [0.25, 0.3) is 0 Å². The van der Waals surface area contributed by atoms with Crippen molar-refractivity contribution >= 4 is 40.1 Å². The van der Waals surface area contributed by atoms with Crippen LogP contribution in [0.1, 0.15) is 5.56 Å². The van der Waals surface area contributed by atoms with Gasteiger partial charge in [-0.3, -0.25) is 0 Å². The number of nitrogens with two attached hydrogens (primary N) is 1. The quantitative estimate of drug-likeness (QED) is 0.495. The zero-order chi connectivity index (χ0) is 12.3. The van der Waals surface area contributed by atoms with Crippen LogP contribution in [-0.4, -0.2) is 5.84 Å². The average Bonchev–Trinajstić information content (AvgIpc) is 2.33. The summed E-state index contributed by atoms with van der Waals surface area (Å²) in [6.45, 7) is 0. The van der Waals surface area contributed by atoms with Gasteiger partial charge in [-0.15, -0.1) is 12.6 Å². The molecule has 2 nitrogen and oxygen atoms in total. The first-order chi connectivity index (χ1) is 8.15. The molecule has 0 saturated carbocycles. The van der Waals surface area contributed by atoms with Gasteiger partial charge < -0.3 is 5.73 Å². The highest BCUT2D eigenvalue weighted by Gasteiger charge is 1.98. The minimum Gasteiger partial charge on any atom is -0.383 e. The van der Waals surface area contributed by atoms with Gasteiger partial charge in [-0.25, -0.2) is 4.99 Å². The Morgan fingerprint density at radius 3 is 2.18 bits per heavy atom. The third-order valence-electron chi connectivity index (χ3n) is 2.24. The highest BCUT2D eigenvalue weighted by molar-refractivity contribution is 9.10. The molecule has 0 fully saturated rings. The summed E-state index contributed by atoms with van der Waals surface area (Å²) in [5, 5.41) is 0. The highest BCUT2D eigenvalue weighted by Crippen LogP contribution is 2.17. The topological polar surface area (TPSA) is 38.4 Å². The molecule has 0 radical (unpaired) electrons. The van der Waals surface area contributed by atoms with Gasteiger partial charge in [-0.1, -0.05) is 28.1 Å². The molecule has 0 heterocycles. The molecule has 0 amide bonds. The van der Waals surface area contributed by atoms with Crippen molar-refractivity contribution in [3.05, 3.63) is 58.6 Å². The summed E-state index contributed by atoms with van der Waals surface area (Å²) in [4.78, 5) is 5.26. The molecule has 2 N–H and O–H groups in total. The van der Waals surface area contributed by atoms with Crippen LogP contribution in [0.5, 0.6) is 0 Å². The first-order valence-corrected chi connectivity index (χ1v) is 6.28. The van der Waals surface area contributed by atoms with Crippen LogP contribution in [0.2, 0.25) is 0 Å². The summed E-state index contributed by atoms with van der Waals surface area (Å²) in [6.07, 6.45) is 0. The number of hydrogen-bond donors (Lipinski definition) is 2. The van der Waals surface area contributed by atoms with E-state index in [0.717, 1.165) is 20.6 Å². The average molecular weight is 307 g/mol. The van der Waals surface area contributed by atoms with Gasteiger partial charge in [-0.05, 0) is 36.4 Å². The van der Waals surface area contributed by atoms with E-state index in [2.05, 4.69) is 33.6 Å². The minimum absolute atomic E-state index is 0.501. The Morgan fingerprint density at radius 2 is 1.59 bits per heavy atom. The van der Waals surface area contributed by atoms with Crippen LogP contribution in [0.4, 0.5) is 5.69 Å². The molecule has 0 saturated heterocycles. The molecule has 4 heteroatoms. The standard InChI is InChI=1S/C13H11BrN2S/c14-10-3-5-11(6-4-10)16-13(15)9-1-7-12(17)8-2-9/h1-8,17H,(H2,15,16). The molecule has 0 aliphatic rings. The van der Waals surface area contributed by atoms with Gasteiger partial charge in [0.25, 0.3) is 0 Å². The molecule has 2 rings (SSSR count). The van der Waals surface area contributed by atoms with Crippen LogP contribution >= 0.6 is 28.6 Å². The first-order valence-electron chi connectivity index (χ1n) is 5.04.